The number of aryl methyl sites for hydroxylation is 2. The number of phenolic OH excluding ortho intramolecular Hbond substituents is 1. The first-order chi connectivity index (χ1) is 12.3. The molecule has 1 fully saturated rings. The molecule has 0 saturated carbocycles. The van der Waals surface area contributed by atoms with Crippen LogP contribution in [0.15, 0.2) is 42.0 Å². The van der Waals surface area contributed by atoms with E-state index in [2.05, 4.69) is 5.32 Å². The molecule has 132 valence electrons. The smallest absolute Gasteiger partial charge is 0.335 e. The van der Waals surface area contributed by atoms with Gasteiger partial charge in [-0.05, 0) is 49.2 Å². The Labute approximate surface area is 154 Å². The van der Waals surface area contributed by atoms with Crippen LogP contribution in [0, 0.1) is 13.8 Å². The monoisotopic (exact) mass is 370 g/mol. The van der Waals surface area contributed by atoms with Gasteiger partial charge in [0.05, 0.1) is 10.7 Å². The number of carbonyl (C=O) groups excluding carboxylic acids is 3. The van der Waals surface area contributed by atoms with Gasteiger partial charge in [-0.2, -0.15) is 0 Å². The second-order valence-corrected chi connectivity index (χ2v) is 6.37. The summed E-state index contributed by atoms with van der Waals surface area (Å²) in [6, 6.07) is 8.76. The number of hydrogen-bond donors (Lipinski definition) is 2. The van der Waals surface area contributed by atoms with E-state index in [1.807, 2.05) is 13.0 Å². The molecule has 4 amide bonds. The van der Waals surface area contributed by atoms with Crippen molar-refractivity contribution < 1.29 is 19.5 Å². The van der Waals surface area contributed by atoms with Crippen LogP contribution in [0.25, 0.3) is 6.08 Å². The Balaban J connectivity index is 2.05. The van der Waals surface area contributed by atoms with E-state index in [9.17, 15) is 19.5 Å². The van der Waals surface area contributed by atoms with Crippen molar-refractivity contribution in [3.8, 4) is 5.75 Å². The van der Waals surface area contributed by atoms with E-state index in [4.69, 9.17) is 11.6 Å². The van der Waals surface area contributed by atoms with Crippen LogP contribution in [-0.2, 0) is 9.59 Å². The van der Waals surface area contributed by atoms with Crippen LogP contribution >= 0.6 is 11.6 Å². The van der Waals surface area contributed by atoms with Gasteiger partial charge in [-0.25, -0.2) is 9.69 Å². The van der Waals surface area contributed by atoms with E-state index in [0.717, 1.165) is 16.0 Å². The molecule has 1 aliphatic rings. The molecule has 1 saturated heterocycles. The lowest BCUT2D eigenvalue weighted by molar-refractivity contribution is -0.122. The molecule has 26 heavy (non-hydrogen) atoms. The number of benzene rings is 2. The Morgan fingerprint density at radius 3 is 2.46 bits per heavy atom. The fraction of sp³-hybridized carbons (Fsp3) is 0.105. The summed E-state index contributed by atoms with van der Waals surface area (Å²) in [6.45, 7) is 3.68. The van der Waals surface area contributed by atoms with Crippen molar-refractivity contribution in [1.29, 1.82) is 0 Å². The standard InChI is InChI=1S/C19H15ClN2O4/c1-10-3-5-15(11(2)7-10)22-18(25)13(17(24)21-19(22)26)8-12-4-6-16(23)14(20)9-12/h3-9,23H,1-2H3,(H,21,24,26)/b13-8+. The molecule has 0 bridgehead atoms. The maximum absolute atomic E-state index is 12.8. The van der Waals surface area contributed by atoms with Gasteiger partial charge in [0.2, 0.25) is 0 Å². The summed E-state index contributed by atoms with van der Waals surface area (Å²) in [5.74, 6) is -1.62. The predicted octanol–water partition coefficient (Wildman–Crippen LogP) is 3.33. The minimum atomic E-state index is -0.798. The van der Waals surface area contributed by atoms with Crippen molar-refractivity contribution in [3.05, 3.63) is 63.7 Å². The summed E-state index contributed by atoms with van der Waals surface area (Å²) in [4.78, 5) is 38.2. The maximum Gasteiger partial charge on any atom is 0.335 e. The van der Waals surface area contributed by atoms with Crippen molar-refractivity contribution >= 4 is 41.2 Å². The van der Waals surface area contributed by atoms with Crippen LogP contribution in [0.2, 0.25) is 5.02 Å². The molecule has 0 spiro atoms. The van der Waals surface area contributed by atoms with Crippen molar-refractivity contribution in [3.63, 3.8) is 0 Å². The number of rotatable bonds is 2. The quantitative estimate of drug-likeness (QED) is 0.627. The number of carbonyl (C=O) groups is 3. The molecule has 0 aliphatic carbocycles. The van der Waals surface area contributed by atoms with E-state index in [1.165, 1.54) is 24.3 Å². The highest BCUT2D eigenvalue weighted by molar-refractivity contribution is 6.39. The zero-order chi connectivity index (χ0) is 19.0. The number of phenols is 1. The average molecular weight is 371 g/mol. The van der Waals surface area contributed by atoms with Gasteiger partial charge in [-0.1, -0.05) is 35.4 Å². The molecule has 2 aromatic rings. The highest BCUT2D eigenvalue weighted by atomic mass is 35.5. The fourth-order valence-corrected chi connectivity index (χ4v) is 2.90. The summed E-state index contributed by atoms with van der Waals surface area (Å²) in [5.41, 5.74) is 2.37. The van der Waals surface area contributed by atoms with Gasteiger partial charge < -0.3 is 5.11 Å². The number of halogens is 1. The van der Waals surface area contributed by atoms with Gasteiger partial charge in [-0.15, -0.1) is 0 Å². The fourth-order valence-electron chi connectivity index (χ4n) is 2.71. The molecule has 0 unspecified atom stereocenters. The molecule has 0 atom stereocenters. The van der Waals surface area contributed by atoms with Crippen LogP contribution < -0.4 is 10.2 Å². The van der Waals surface area contributed by atoms with E-state index in [-0.39, 0.29) is 16.3 Å². The van der Waals surface area contributed by atoms with Gasteiger partial charge >= 0.3 is 6.03 Å². The number of imide groups is 2. The minimum Gasteiger partial charge on any atom is -0.506 e. The number of aromatic hydroxyl groups is 1. The third-order valence-corrected chi connectivity index (χ3v) is 4.28. The predicted molar refractivity (Wildman–Crippen MR) is 98.0 cm³/mol. The largest absolute Gasteiger partial charge is 0.506 e. The second-order valence-electron chi connectivity index (χ2n) is 5.96. The topological polar surface area (TPSA) is 86.7 Å². The zero-order valence-corrected chi connectivity index (χ0v) is 14.8. The van der Waals surface area contributed by atoms with Crippen molar-refractivity contribution in [1.82, 2.24) is 5.32 Å². The van der Waals surface area contributed by atoms with Gasteiger partial charge in [-0.3, -0.25) is 14.9 Å². The van der Waals surface area contributed by atoms with E-state index in [1.54, 1.807) is 19.1 Å². The van der Waals surface area contributed by atoms with Gasteiger partial charge in [0.1, 0.15) is 11.3 Å². The third-order valence-electron chi connectivity index (χ3n) is 3.98. The lowest BCUT2D eigenvalue weighted by Gasteiger charge is -2.27. The number of nitrogens with one attached hydrogen (secondary N) is 1. The summed E-state index contributed by atoms with van der Waals surface area (Å²) in [7, 11) is 0. The van der Waals surface area contributed by atoms with Crippen LogP contribution in [0.1, 0.15) is 16.7 Å². The average Bonchev–Trinajstić information content (AvgIpc) is 2.56. The molecule has 1 aliphatic heterocycles. The first kappa shape index (κ1) is 17.7. The maximum atomic E-state index is 12.8. The second kappa shape index (κ2) is 6.65. The Bertz CT molecular complexity index is 981. The van der Waals surface area contributed by atoms with Crippen LogP contribution in [0.5, 0.6) is 5.75 Å². The highest BCUT2D eigenvalue weighted by Crippen LogP contribution is 2.28. The molecule has 1 heterocycles. The summed E-state index contributed by atoms with van der Waals surface area (Å²) in [5, 5.41) is 11.7. The number of hydrogen-bond acceptors (Lipinski definition) is 4. The number of amides is 4. The van der Waals surface area contributed by atoms with Gasteiger partial charge in [0, 0.05) is 0 Å². The Morgan fingerprint density at radius 1 is 1.08 bits per heavy atom. The molecular formula is C19H15ClN2O4. The SMILES string of the molecule is Cc1ccc(N2C(=O)NC(=O)/C(=C\c3ccc(O)c(Cl)c3)C2=O)c(C)c1. The molecule has 0 aromatic heterocycles. The molecule has 2 aromatic carbocycles. The molecular weight excluding hydrogens is 356 g/mol. The van der Waals surface area contributed by atoms with Crippen molar-refractivity contribution in [2.45, 2.75) is 13.8 Å². The Hall–Kier alpha value is -3.12. The minimum absolute atomic E-state index is 0.0883. The van der Waals surface area contributed by atoms with Crippen LogP contribution in [0.3, 0.4) is 0 Å². The van der Waals surface area contributed by atoms with Crippen LogP contribution in [0.4, 0.5) is 10.5 Å². The number of barbiturate groups is 1. The van der Waals surface area contributed by atoms with Gasteiger partial charge in [0.15, 0.2) is 0 Å². The first-order valence-corrected chi connectivity index (χ1v) is 8.13. The lowest BCUT2D eigenvalue weighted by Crippen LogP contribution is -2.54. The Morgan fingerprint density at radius 2 is 1.81 bits per heavy atom. The number of nitrogens with zero attached hydrogens (tertiary/aromatic N) is 1. The van der Waals surface area contributed by atoms with E-state index in [0.29, 0.717) is 11.3 Å². The summed E-state index contributed by atoms with van der Waals surface area (Å²) < 4.78 is 0. The summed E-state index contributed by atoms with van der Waals surface area (Å²) >= 11 is 5.86. The zero-order valence-electron chi connectivity index (χ0n) is 14.0. The normalized spacial score (nSPS) is 16.2. The van der Waals surface area contributed by atoms with E-state index >= 15 is 0 Å². The number of anilines is 1. The summed E-state index contributed by atoms with van der Waals surface area (Å²) in [6.07, 6.45) is 1.33. The van der Waals surface area contributed by atoms with Crippen LogP contribution in [-0.4, -0.2) is 23.0 Å². The van der Waals surface area contributed by atoms with Crippen molar-refractivity contribution in [2.24, 2.45) is 0 Å². The van der Waals surface area contributed by atoms with Gasteiger partial charge in [0.25, 0.3) is 11.8 Å². The number of urea groups is 1. The Kier molecular flexibility index (Phi) is 4.52. The lowest BCUT2D eigenvalue weighted by atomic mass is 10.0. The molecule has 6 nitrogen and oxygen atoms in total. The van der Waals surface area contributed by atoms with E-state index < -0.39 is 17.8 Å². The molecule has 0 radical (unpaired) electrons. The highest BCUT2D eigenvalue weighted by Gasteiger charge is 2.37. The molecule has 7 heteroatoms. The third kappa shape index (κ3) is 3.19. The molecule has 3 rings (SSSR count). The molecule has 2 N–H and O–H groups in total. The first-order valence-electron chi connectivity index (χ1n) is 7.75. The van der Waals surface area contributed by atoms with Crippen molar-refractivity contribution in [2.75, 3.05) is 4.90 Å².